The second kappa shape index (κ2) is 5.02. The van der Waals surface area contributed by atoms with Gasteiger partial charge in [0.2, 0.25) is 0 Å². The molecule has 1 saturated heterocycles. The molecule has 2 aliphatic heterocycles. The van der Waals surface area contributed by atoms with Crippen molar-refractivity contribution in [2.24, 2.45) is 0 Å². The molecule has 3 nitrogen and oxygen atoms in total. The lowest BCUT2D eigenvalue weighted by molar-refractivity contribution is 0.00578. The van der Waals surface area contributed by atoms with Gasteiger partial charge in [-0.1, -0.05) is 23.7 Å². The average molecular weight is 321 g/mol. The fourth-order valence-corrected chi connectivity index (χ4v) is 2.85. The van der Waals surface area contributed by atoms with Crippen molar-refractivity contribution in [2.45, 2.75) is 51.2 Å². The molecule has 1 aromatic rings. The Morgan fingerprint density at radius 1 is 0.955 bits per heavy atom. The minimum absolute atomic E-state index is 0.191. The molecular formula is C17H22BClO3. The van der Waals surface area contributed by atoms with Crippen molar-refractivity contribution in [3.05, 3.63) is 46.6 Å². The zero-order valence-electron chi connectivity index (χ0n) is 13.8. The van der Waals surface area contributed by atoms with Crippen molar-refractivity contribution < 1.29 is 14.0 Å². The molecule has 0 aliphatic carbocycles. The van der Waals surface area contributed by atoms with Crippen molar-refractivity contribution in [3.63, 3.8) is 0 Å². The second-order valence-electron chi connectivity index (χ2n) is 7.35. The van der Waals surface area contributed by atoms with Gasteiger partial charge >= 0.3 is 7.12 Å². The summed E-state index contributed by atoms with van der Waals surface area (Å²) in [6.45, 7) is 10.9. The Morgan fingerprint density at radius 2 is 1.50 bits per heavy atom. The number of hydrogen-bond acceptors (Lipinski definition) is 3. The van der Waals surface area contributed by atoms with E-state index in [2.05, 4.69) is 13.0 Å². The van der Waals surface area contributed by atoms with Gasteiger partial charge in [-0.05, 0) is 58.4 Å². The first-order valence-electron chi connectivity index (χ1n) is 7.60. The lowest BCUT2D eigenvalue weighted by atomic mass is 9.79. The van der Waals surface area contributed by atoms with Crippen molar-refractivity contribution in [1.82, 2.24) is 0 Å². The van der Waals surface area contributed by atoms with E-state index < -0.39 is 7.12 Å². The van der Waals surface area contributed by atoms with Crippen LogP contribution in [0, 0.1) is 0 Å². The first kappa shape index (κ1) is 15.9. The molecule has 22 heavy (non-hydrogen) atoms. The van der Waals surface area contributed by atoms with E-state index in [1.54, 1.807) is 0 Å². The van der Waals surface area contributed by atoms with Gasteiger partial charge in [0.15, 0.2) is 0 Å². The molecule has 1 unspecified atom stereocenters. The first-order valence-corrected chi connectivity index (χ1v) is 7.98. The van der Waals surface area contributed by atoms with E-state index in [9.17, 15) is 0 Å². The molecule has 0 amide bonds. The van der Waals surface area contributed by atoms with Crippen LogP contribution in [0.3, 0.4) is 0 Å². The van der Waals surface area contributed by atoms with Crippen LogP contribution in [0.2, 0.25) is 5.02 Å². The molecular weight excluding hydrogens is 298 g/mol. The highest BCUT2D eigenvalue weighted by Gasteiger charge is 2.54. The standard InChI is InChI=1S/C17H22BClO3/c1-15(2)16(3,4)22-18(21-15)14-10-17(5,11-20-14)12-6-8-13(19)9-7-12/h6-10H,11H2,1-5H3. The van der Waals surface area contributed by atoms with Gasteiger partial charge < -0.3 is 14.0 Å². The molecule has 0 saturated carbocycles. The van der Waals surface area contributed by atoms with Crippen molar-refractivity contribution >= 4 is 18.7 Å². The third-order valence-electron chi connectivity index (χ3n) is 4.99. The van der Waals surface area contributed by atoms with Crippen LogP contribution < -0.4 is 0 Å². The molecule has 3 rings (SSSR count). The highest BCUT2D eigenvalue weighted by atomic mass is 35.5. The predicted molar refractivity (Wildman–Crippen MR) is 88.9 cm³/mol. The van der Waals surface area contributed by atoms with Gasteiger partial charge in [-0.25, -0.2) is 0 Å². The number of benzene rings is 1. The molecule has 118 valence electrons. The minimum Gasteiger partial charge on any atom is -0.501 e. The SMILES string of the molecule is CC1(c2ccc(Cl)cc2)C=C(B2OC(C)(C)C(C)(C)O2)OC1. The minimum atomic E-state index is -0.445. The van der Waals surface area contributed by atoms with Crippen LogP contribution >= 0.6 is 11.6 Å². The Kier molecular flexibility index (Phi) is 3.63. The van der Waals surface area contributed by atoms with Crippen molar-refractivity contribution in [2.75, 3.05) is 6.61 Å². The van der Waals surface area contributed by atoms with Crippen LogP contribution in [0.25, 0.3) is 0 Å². The molecule has 2 heterocycles. The van der Waals surface area contributed by atoms with E-state index in [-0.39, 0.29) is 16.6 Å². The molecule has 5 heteroatoms. The number of hydrogen-bond donors (Lipinski definition) is 0. The normalized spacial score (nSPS) is 29.4. The van der Waals surface area contributed by atoms with Gasteiger partial charge in [0, 0.05) is 10.4 Å². The Balaban J connectivity index is 1.85. The summed E-state index contributed by atoms with van der Waals surface area (Å²) < 4.78 is 18.0. The summed E-state index contributed by atoms with van der Waals surface area (Å²) in [4.78, 5) is 0. The van der Waals surface area contributed by atoms with Crippen LogP contribution in [-0.4, -0.2) is 24.9 Å². The Bertz CT molecular complexity index is 593. The van der Waals surface area contributed by atoms with Crippen molar-refractivity contribution in [1.29, 1.82) is 0 Å². The summed E-state index contributed by atoms with van der Waals surface area (Å²) in [6, 6.07) is 7.89. The average Bonchev–Trinajstić information content (AvgIpc) is 2.90. The molecule has 1 aromatic carbocycles. The summed E-state index contributed by atoms with van der Waals surface area (Å²) in [5.41, 5.74) is 1.02. The summed E-state index contributed by atoms with van der Waals surface area (Å²) in [6.07, 6.45) is 2.11. The van der Waals surface area contributed by atoms with Gasteiger partial charge in [0.25, 0.3) is 0 Å². The Hall–Kier alpha value is -0.965. The fraction of sp³-hybridized carbons (Fsp3) is 0.529. The van der Waals surface area contributed by atoms with E-state index in [1.807, 2.05) is 52.0 Å². The van der Waals surface area contributed by atoms with Gasteiger partial charge in [-0.15, -0.1) is 0 Å². The van der Waals surface area contributed by atoms with Gasteiger partial charge in [0.05, 0.1) is 17.8 Å². The van der Waals surface area contributed by atoms with Gasteiger partial charge in [-0.3, -0.25) is 0 Å². The zero-order valence-corrected chi connectivity index (χ0v) is 14.5. The summed E-state index contributed by atoms with van der Waals surface area (Å²) in [5.74, 6) is 0. The highest BCUT2D eigenvalue weighted by Crippen LogP contribution is 2.42. The van der Waals surface area contributed by atoms with Gasteiger partial charge in [0.1, 0.15) is 5.66 Å². The zero-order chi connectivity index (χ0) is 16.2. The number of ether oxygens (including phenoxy) is 1. The summed E-state index contributed by atoms with van der Waals surface area (Å²) in [5, 5.41) is 0.737. The van der Waals surface area contributed by atoms with Crippen molar-refractivity contribution in [3.8, 4) is 0 Å². The smallest absolute Gasteiger partial charge is 0.501 e. The van der Waals surface area contributed by atoms with Crippen LogP contribution in [-0.2, 0) is 19.5 Å². The van der Waals surface area contributed by atoms with Crippen LogP contribution in [0.15, 0.2) is 36.0 Å². The predicted octanol–water partition coefficient (Wildman–Crippen LogP) is 4.14. The maximum atomic E-state index is 6.06. The number of rotatable bonds is 2. The Morgan fingerprint density at radius 3 is 2.05 bits per heavy atom. The maximum absolute atomic E-state index is 6.06. The Labute approximate surface area is 137 Å². The second-order valence-corrected chi connectivity index (χ2v) is 7.78. The monoisotopic (exact) mass is 320 g/mol. The molecule has 0 aromatic heterocycles. The lowest BCUT2D eigenvalue weighted by Crippen LogP contribution is -2.41. The van der Waals surface area contributed by atoms with E-state index >= 15 is 0 Å². The molecule has 0 bridgehead atoms. The topological polar surface area (TPSA) is 27.7 Å². The first-order chi connectivity index (χ1) is 10.1. The quantitative estimate of drug-likeness (QED) is 0.766. The maximum Gasteiger partial charge on any atom is 0.531 e. The molecule has 0 radical (unpaired) electrons. The van der Waals surface area contributed by atoms with E-state index in [0.29, 0.717) is 6.61 Å². The van der Waals surface area contributed by atoms with E-state index in [4.69, 9.17) is 25.6 Å². The van der Waals surface area contributed by atoms with Crippen LogP contribution in [0.4, 0.5) is 0 Å². The molecule has 1 fully saturated rings. The third-order valence-corrected chi connectivity index (χ3v) is 5.24. The third kappa shape index (κ3) is 2.57. The fourth-order valence-electron chi connectivity index (χ4n) is 2.72. The van der Waals surface area contributed by atoms with E-state index in [1.165, 1.54) is 5.56 Å². The largest absolute Gasteiger partial charge is 0.531 e. The lowest BCUT2D eigenvalue weighted by Gasteiger charge is -2.32. The molecule has 0 N–H and O–H groups in total. The number of halogens is 1. The summed E-state index contributed by atoms with van der Waals surface area (Å²) >= 11 is 5.97. The van der Waals surface area contributed by atoms with Crippen LogP contribution in [0.5, 0.6) is 0 Å². The van der Waals surface area contributed by atoms with Gasteiger partial charge in [-0.2, -0.15) is 0 Å². The van der Waals surface area contributed by atoms with E-state index in [0.717, 1.165) is 10.7 Å². The highest BCUT2D eigenvalue weighted by molar-refractivity contribution is 6.53. The molecule has 0 spiro atoms. The molecule has 1 atom stereocenters. The summed E-state index contributed by atoms with van der Waals surface area (Å²) in [7, 11) is -0.445. The molecule has 2 aliphatic rings. The van der Waals surface area contributed by atoms with Crippen LogP contribution in [0.1, 0.15) is 40.2 Å².